The van der Waals surface area contributed by atoms with Crippen LogP contribution >= 0.6 is 11.6 Å². The highest BCUT2D eigenvalue weighted by atomic mass is 35.5. The minimum Gasteiger partial charge on any atom is -0.379 e. The summed E-state index contributed by atoms with van der Waals surface area (Å²) in [5.74, 6) is 1.85. The lowest BCUT2D eigenvalue weighted by atomic mass is 10.2. The van der Waals surface area contributed by atoms with E-state index in [-0.39, 0.29) is 11.4 Å². The Morgan fingerprint density at radius 1 is 1.19 bits per heavy atom. The molecule has 0 spiro atoms. The summed E-state index contributed by atoms with van der Waals surface area (Å²) in [5.41, 5.74) is 2.15. The first-order chi connectivity index (χ1) is 15.6. The van der Waals surface area contributed by atoms with Crippen LogP contribution in [0.1, 0.15) is 25.1 Å². The number of fused-ring (bicyclic) bond motifs is 3. The highest BCUT2D eigenvalue weighted by Gasteiger charge is 2.38. The highest BCUT2D eigenvalue weighted by molar-refractivity contribution is 6.35. The van der Waals surface area contributed by atoms with Gasteiger partial charge in [-0.3, -0.25) is 14.1 Å². The van der Waals surface area contributed by atoms with E-state index in [1.807, 2.05) is 12.1 Å². The first-order valence-electron chi connectivity index (χ1n) is 10.9. The van der Waals surface area contributed by atoms with Gasteiger partial charge >= 0.3 is 0 Å². The van der Waals surface area contributed by atoms with Crippen LogP contribution < -0.4 is 5.56 Å². The van der Waals surface area contributed by atoms with E-state index in [0.29, 0.717) is 59.2 Å². The Kier molecular flexibility index (Phi) is 4.78. The molecule has 4 aromatic rings. The summed E-state index contributed by atoms with van der Waals surface area (Å²) in [5, 5.41) is 4.66. The van der Waals surface area contributed by atoms with Crippen molar-refractivity contribution < 1.29 is 9.26 Å². The second-order valence-electron chi connectivity index (χ2n) is 8.61. The van der Waals surface area contributed by atoms with E-state index < -0.39 is 0 Å². The first kappa shape index (κ1) is 19.9. The fourth-order valence-corrected chi connectivity index (χ4v) is 4.80. The van der Waals surface area contributed by atoms with E-state index in [1.165, 1.54) is 0 Å². The highest BCUT2D eigenvalue weighted by Crippen LogP contribution is 2.45. The molecule has 2 atom stereocenters. The number of morpholine rings is 1. The molecule has 1 aromatic carbocycles. The lowest BCUT2D eigenvalue weighted by Gasteiger charge is -2.27. The van der Waals surface area contributed by atoms with E-state index in [4.69, 9.17) is 20.9 Å². The SMILES string of the molecule is CC1CC1c1noc(-c2ncn3c2c(=O)n(CCN2CCOCC2)c2c(Cl)cccc23)n1. The molecule has 4 heterocycles. The molecule has 1 aliphatic carbocycles. The summed E-state index contributed by atoms with van der Waals surface area (Å²) in [6, 6.07) is 5.62. The average Bonchev–Trinajstić information content (AvgIpc) is 3.18. The van der Waals surface area contributed by atoms with Crippen molar-refractivity contribution in [1.82, 2.24) is 29.0 Å². The molecule has 6 rings (SSSR count). The van der Waals surface area contributed by atoms with Crippen LogP contribution in [-0.2, 0) is 11.3 Å². The smallest absolute Gasteiger partial charge is 0.278 e. The molecule has 1 aliphatic heterocycles. The number of imidazole rings is 1. The maximum Gasteiger partial charge on any atom is 0.278 e. The molecule has 0 bridgehead atoms. The topological polar surface area (TPSA) is 90.7 Å². The number of halogens is 1. The van der Waals surface area contributed by atoms with Gasteiger partial charge in [-0.05, 0) is 24.5 Å². The monoisotopic (exact) mass is 454 g/mol. The molecule has 0 amide bonds. The molecule has 0 radical (unpaired) electrons. The number of ether oxygens (including phenoxy) is 1. The number of rotatable bonds is 5. The van der Waals surface area contributed by atoms with Crippen LogP contribution in [0.25, 0.3) is 28.1 Å². The van der Waals surface area contributed by atoms with Crippen molar-refractivity contribution in [2.45, 2.75) is 25.8 Å². The van der Waals surface area contributed by atoms with Crippen molar-refractivity contribution in [2.75, 3.05) is 32.8 Å². The lowest BCUT2D eigenvalue weighted by molar-refractivity contribution is 0.0364. The molecule has 9 nitrogen and oxygen atoms in total. The van der Waals surface area contributed by atoms with E-state index in [1.54, 1.807) is 21.4 Å². The minimum absolute atomic E-state index is 0.175. The van der Waals surface area contributed by atoms with Crippen molar-refractivity contribution in [2.24, 2.45) is 5.92 Å². The molecule has 1 saturated carbocycles. The first-order valence-corrected chi connectivity index (χ1v) is 11.3. The summed E-state index contributed by atoms with van der Waals surface area (Å²) < 4.78 is 14.5. The quantitative estimate of drug-likeness (QED) is 0.458. The molecular weight excluding hydrogens is 432 g/mol. The van der Waals surface area contributed by atoms with Crippen LogP contribution in [0.3, 0.4) is 0 Å². The Labute approximate surface area is 188 Å². The molecule has 3 aromatic heterocycles. The maximum absolute atomic E-state index is 13.7. The molecule has 1 saturated heterocycles. The number of hydrogen-bond donors (Lipinski definition) is 0. The Morgan fingerprint density at radius 2 is 2.00 bits per heavy atom. The zero-order chi connectivity index (χ0) is 21.8. The third-order valence-electron chi connectivity index (χ3n) is 6.54. The van der Waals surface area contributed by atoms with Crippen LogP contribution in [-0.4, -0.2) is 61.8 Å². The second-order valence-corrected chi connectivity index (χ2v) is 9.01. The van der Waals surface area contributed by atoms with E-state index in [2.05, 4.69) is 26.9 Å². The molecule has 2 fully saturated rings. The predicted molar refractivity (Wildman–Crippen MR) is 119 cm³/mol. The normalized spacial score (nSPS) is 21.6. The standard InChI is InChI=1S/C22H23ClN6O3/c1-13-11-14(13)20-25-21(32-26-20)17-19-22(30)28(6-5-27-7-9-31-10-8-27)18-15(23)3-2-4-16(18)29(19)12-24-17/h2-4,12-14H,5-11H2,1H3. The molecule has 2 unspecified atom stereocenters. The van der Waals surface area contributed by atoms with E-state index in [0.717, 1.165) is 31.6 Å². The Morgan fingerprint density at radius 3 is 2.78 bits per heavy atom. The second kappa shape index (κ2) is 7.68. The van der Waals surface area contributed by atoms with Gasteiger partial charge in [0.15, 0.2) is 11.5 Å². The molecule has 2 aliphatic rings. The van der Waals surface area contributed by atoms with Crippen molar-refractivity contribution in [3.8, 4) is 11.6 Å². The van der Waals surface area contributed by atoms with Gasteiger partial charge in [0.05, 0.1) is 29.3 Å². The zero-order valence-corrected chi connectivity index (χ0v) is 18.5. The average molecular weight is 455 g/mol. The van der Waals surface area contributed by atoms with Crippen LogP contribution in [0.5, 0.6) is 0 Å². The van der Waals surface area contributed by atoms with Crippen LogP contribution in [0.15, 0.2) is 33.8 Å². The summed E-state index contributed by atoms with van der Waals surface area (Å²) in [6.07, 6.45) is 2.68. The number of para-hydroxylation sites is 1. The van der Waals surface area contributed by atoms with Gasteiger partial charge in [0.2, 0.25) is 0 Å². The summed E-state index contributed by atoms with van der Waals surface area (Å²) in [4.78, 5) is 25.1. The number of aromatic nitrogens is 5. The van der Waals surface area contributed by atoms with Gasteiger partial charge in [-0.15, -0.1) is 0 Å². The fraction of sp³-hybridized carbons (Fsp3) is 0.455. The molecular formula is C22H23ClN6O3. The third-order valence-corrected chi connectivity index (χ3v) is 6.84. The summed E-state index contributed by atoms with van der Waals surface area (Å²) in [6.45, 7) is 6.52. The summed E-state index contributed by atoms with van der Waals surface area (Å²) >= 11 is 6.57. The van der Waals surface area contributed by atoms with Crippen LogP contribution in [0.2, 0.25) is 5.02 Å². The Hall–Kier alpha value is -2.75. The van der Waals surface area contributed by atoms with Gasteiger partial charge in [-0.2, -0.15) is 4.98 Å². The summed E-state index contributed by atoms with van der Waals surface area (Å²) in [7, 11) is 0. The van der Waals surface area contributed by atoms with Crippen molar-refractivity contribution >= 4 is 28.2 Å². The largest absolute Gasteiger partial charge is 0.379 e. The molecule has 32 heavy (non-hydrogen) atoms. The fourth-order valence-electron chi connectivity index (χ4n) is 4.53. The van der Waals surface area contributed by atoms with Crippen molar-refractivity contribution in [1.29, 1.82) is 0 Å². The van der Waals surface area contributed by atoms with Gasteiger partial charge in [-0.1, -0.05) is 29.7 Å². The molecule has 166 valence electrons. The van der Waals surface area contributed by atoms with Gasteiger partial charge in [0, 0.05) is 32.1 Å². The van der Waals surface area contributed by atoms with Gasteiger partial charge in [-0.25, -0.2) is 4.98 Å². The van der Waals surface area contributed by atoms with Gasteiger partial charge in [0.25, 0.3) is 11.4 Å². The van der Waals surface area contributed by atoms with E-state index >= 15 is 0 Å². The van der Waals surface area contributed by atoms with E-state index in [9.17, 15) is 4.79 Å². The minimum atomic E-state index is -0.175. The Balaban J connectivity index is 1.49. The number of hydrogen-bond acceptors (Lipinski definition) is 7. The molecule has 10 heteroatoms. The van der Waals surface area contributed by atoms with Crippen molar-refractivity contribution in [3.05, 3.63) is 45.7 Å². The third kappa shape index (κ3) is 3.23. The number of nitrogens with zero attached hydrogens (tertiary/aromatic N) is 6. The van der Waals surface area contributed by atoms with Crippen molar-refractivity contribution in [3.63, 3.8) is 0 Å². The van der Waals surface area contributed by atoms with Crippen LogP contribution in [0, 0.1) is 5.92 Å². The molecule has 0 N–H and O–H groups in total. The van der Waals surface area contributed by atoms with Crippen LogP contribution in [0.4, 0.5) is 0 Å². The Bertz CT molecular complexity index is 1370. The van der Waals surface area contributed by atoms with Gasteiger partial charge < -0.3 is 13.8 Å². The predicted octanol–water partition coefficient (Wildman–Crippen LogP) is 2.81. The van der Waals surface area contributed by atoms with Gasteiger partial charge in [0.1, 0.15) is 11.8 Å². The lowest BCUT2D eigenvalue weighted by Crippen LogP contribution is -2.39. The maximum atomic E-state index is 13.7. The zero-order valence-electron chi connectivity index (χ0n) is 17.7. The number of benzene rings is 1.